The van der Waals surface area contributed by atoms with Crippen LogP contribution in [0.25, 0.3) is 6.08 Å². The van der Waals surface area contributed by atoms with Crippen molar-refractivity contribution in [3.8, 4) is 0 Å². The lowest BCUT2D eigenvalue weighted by molar-refractivity contribution is -0.144. The van der Waals surface area contributed by atoms with Gasteiger partial charge < -0.3 is 16.2 Å². The SMILES string of the molecule is CC(C)(C)[C@H](NC(=O)/C=C/c1cccc(N)c1)C(=O)O. The van der Waals surface area contributed by atoms with Crippen LogP contribution in [0.3, 0.4) is 0 Å². The average molecular weight is 276 g/mol. The lowest BCUT2D eigenvalue weighted by atomic mass is 9.87. The molecule has 1 rings (SSSR count). The lowest BCUT2D eigenvalue weighted by Gasteiger charge is -2.27. The number of hydrogen-bond donors (Lipinski definition) is 3. The van der Waals surface area contributed by atoms with Crippen molar-refractivity contribution in [3.05, 3.63) is 35.9 Å². The first-order valence-electron chi connectivity index (χ1n) is 6.27. The summed E-state index contributed by atoms with van der Waals surface area (Å²) in [4.78, 5) is 22.9. The van der Waals surface area contributed by atoms with Gasteiger partial charge in [0, 0.05) is 11.8 Å². The first-order valence-corrected chi connectivity index (χ1v) is 6.27. The number of hydrogen-bond acceptors (Lipinski definition) is 3. The van der Waals surface area contributed by atoms with E-state index in [0.717, 1.165) is 5.56 Å². The highest BCUT2D eigenvalue weighted by atomic mass is 16.4. The summed E-state index contributed by atoms with van der Waals surface area (Å²) in [5, 5.41) is 11.6. The molecule has 0 radical (unpaired) electrons. The fourth-order valence-corrected chi connectivity index (χ4v) is 1.67. The van der Waals surface area contributed by atoms with Gasteiger partial charge in [0.05, 0.1) is 0 Å². The molecule has 1 atom stereocenters. The van der Waals surface area contributed by atoms with Crippen molar-refractivity contribution in [2.75, 3.05) is 5.73 Å². The van der Waals surface area contributed by atoms with Gasteiger partial charge in [-0.1, -0.05) is 32.9 Å². The highest BCUT2D eigenvalue weighted by Crippen LogP contribution is 2.19. The molecular formula is C15H20N2O3. The lowest BCUT2D eigenvalue weighted by Crippen LogP contribution is -2.48. The highest BCUT2D eigenvalue weighted by Gasteiger charge is 2.31. The molecule has 0 fully saturated rings. The number of carboxylic acid groups (broad SMARTS) is 1. The molecule has 0 spiro atoms. The largest absolute Gasteiger partial charge is 0.480 e. The van der Waals surface area contributed by atoms with Gasteiger partial charge in [-0.05, 0) is 29.2 Å². The summed E-state index contributed by atoms with van der Waals surface area (Å²) in [6.07, 6.45) is 2.89. The molecule has 0 heterocycles. The minimum atomic E-state index is -1.05. The number of rotatable bonds is 4. The van der Waals surface area contributed by atoms with E-state index < -0.39 is 23.3 Å². The summed E-state index contributed by atoms with van der Waals surface area (Å²) < 4.78 is 0. The third-order valence-electron chi connectivity index (χ3n) is 2.74. The van der Waals surface area contributed by atoms with Gasteiger partial charge in [0.1, 0.15) is 6.04 Å². The van der Waals surface area contributed by atoms with Gasteiger partial charge in [0.25, 0.3) is 0 Å². The Hall–Kier alpha value is -2.30. The monoisotopic (exact) mass is 276 g/mol. The molecule has 1 amide bonds. The fourth-order valence-electron chi connectivity index (χ4n) is 1.67. The van der Waals surface area contributed by atoms with E-state index in [1.54, 1.807) is 51.1 Å². The van der Waals surface area contributed by atoms with E-state index >= 15 is 0 Å². The van der Waals surface area contributed by atoms with Crippen LogP contribution in [-0.4, -0.2) is 23.0 Å². The summed E-state index contributed by atoms with van der Waals surface area (Å²) in [6.45, 7) is 5.27. The molecule has 0 unspecified atom stereocenters. The number of nitrogens with two attached hydrogens (primary N) is 1. The number of aliphatic carboxylic acids is 1. The van der Waals surface area contributed by atoms with Crippen LogP contribution >= 0.6 is 0 Å². The van der Waals surface area contributed by atoms with Crippen molar-refractivity contribution < 1.29 is 14.7 Å². The van der Waals surface area contributed by atoms with Gasteiger partial charge in [-0.15, -0.1) is 0 Å². The van der Waals surface area contributed by atoms with Gasteiger partial charge in [-0.2, -0.15) is 0 Å². The fraction of sp³-hybridized carbons (Fsp3) is 0.333. The number of carbonyl (C=O) groups excluding carboxylic acids is 1. The molecule has 1 aromatic carbocycles. The minimum absolute atomic E-state index is 0.449. The molecule has 108 valence electrons. The van der Waals surface area contributed by atoms with Crippen LogP contribution in [0.15, 0.2) is 30.3 Å². The van der Waals surface area contributed by atoms with Gasteiger partial charge in [-0.25, -0.2) is 4.79 Å². The first kappa shape index (κ1) is 15.8. The zero-order valence-corrected chi connectivity index (χ0v) is 11.9. The van der Waals surface area contributed by atoms with Crippen LogP contribution in [0, 0.1) is 5.41 Å². The second-order valence-corrected chi connectivity index (χ2v) is 5.65. The van der Waals surface area contributed by atoms with Crippen LogP contribution in [-0.2, 0) is 9.59 Å². The van der Waals surface area contributed by atoms with E-state index in [1.807, 2.05) is 0 Å². The van der Waals surface area contributed by atoms with Gasteiger partial charge >= 0.3 is 5.97 Å². The van der Waals surface area contributed by atoms with Crippen LogP contribution < -0.4 is 11.1 Å². The summed E-state index contributed by atoms with van der Waals surface area (Å²) in [5.74, 6) is -1.50. The van der Waals surface area contributed by atoms with E-state index in [0.29, 0.717) is 5.69 Å². The van der Waals surface area contributed by atoms with Crippen molar-refractivity contribution in [2.45, 2.75) is 26.8 Å². The predicted molar refractivity (Wildman–Crippen MR) is 78.9 cm³/mol. The zero-order valence-electron chi connectivity index (χ0n) is 11.9. The summed E-state index contributed by atoms with van der Waals surface area (Å²) in [5.41, 5.74) is 6.45. The molecule has 0 aliphatic carbocycles. The van der Waals surface area contributed by atoms with Crippen LogP contribution in [0.5, 0.6) is 0 Å². The summed E-state index contributed by atoms with van der Waals surface area (Å²) in [7, 11) is 0. The number of amides is 1. The Morgan fingerprint density at radius 1 is 1.35 bits per heavy atom. The average Bonchev–Trinajstić information content (AvgIpc) is 2.31. The second kappa shape index (κ2) is 6.23. The molecule has 5 nitrogen and oxygen atoms in total. The Kier molecular flexibility index (Phi) is 4.91. The number of carbonyl (C=O) groups is 2. The normalized spacial score (nSPS) is 13.2. The Balaban J connectivity index is 2.74. The van der Waals surface area contributed by atoms with Crippen molar-refractivity contribution in [1.82, 2.24) is 5.32 Å². The number of nitrogen functional groups attached to an aromatic ring is 1. The third kappa shape index (κ3) is 4.76. The highest BCUT2D eigenvalue weighted by molar-refractivity contribution is 5.94. The Bertz CT molecular complexity index is 530. The van der Waals surface area contributed by atoms with Crippen molar-refractivity contribution >= 4 is 23.6 Å². The Morgan fingerprint density at radius 3 is 2.50 bits per heavy atom. The Labute approximate surface area is 118 Å². The van der Waals surface area contributed by atoms with E-state index in [-0.39, 0.29) is 0 Å². The van der Waals surface area contributed by atoms with Gasteiger partial charge in [0.2, 0.25) is 5.91 Å². The number of benzene rings is 1. The van der Waals surface area contributed by atoms with Crippen molar-refractivity contribution in [3.63, 3.8) is 0 Å². The molecule has 0 aliphatic heterocycles. The maximum atomic E-state index is 11.8. The maximum absolute atomic E-state index is 11.8. The predicted octanol–water partition coefficient (Wildman–Crippen LogP) is 1.90. The molecular weight excluding hydrogens is 256 g/mol. The molecule has 0 saturated heterocycles. The smallest absolute Gasteiger partial charge is 0.326 e. The van der Waals surface area contributed by atoms with E-state index in [1.165, 1.54) is 6.08 Å². The first-order chi connectivity index (χ1) is 9.20. The molecule has 5 heteroatoms. The second-order valence-electron chi connectivity index (χ2n) is 5.65. The molecule has 1 aromatic rings. The molecule has 0 saturated carbocycles. The topological polar surface area (TPSA) is 92.4 Å². The zero-order chi connectivity index (χ0) is 15.3. The molecule has 0 aliphatic rings. The van der Waals surface area contributed by atoms with Gasteiger partial charge in [0.15, 0.2) is 0 Å². The van der Waals surface area contributed by atoms with E-state index in [9.17, 15) is 9.59 Å². The quantitative estimate of drug-likeness (QED) is 0.578. The molecule has 0 aromatic heterocycles. The van der Waals surface area contributed by atoms with E-state index in [2.05, 4.69) is 5.32 Å². The van der Waals surface area contributed by atoms with Crippen LogP contribution in [0.2, 0.25) is 0 Å². The van der Waals surface area contributed by atoms with Crippen LogP contribution in [0.1, 0.15) is 26.3 Å². The maximum Gasteiger partial charge on any atom is 0.326 e. The van der Waals surface area contributed by atoms with Crippen molar-refractivity contribution in [2.24, 2.45) is 5.41 Å². The standard InChI is InChI=1S/C15H20N2O3/c1-15(2,3)13(14(19)20)17-12(18)8-7-10-5-4-6-11(16)9-10/h4-9,13H,16H2,1-3H3,(H,17,18)(H,19,20)/b8-7+/t13-/m1/s1. The Morgan fingerprint density at radius 2 is 2.00 bits per heavy atom. The third-order valence-corrected chi connectivity index (χ3v) is 2.74. The summed E-state index contributed by atoms with van der Waals surface area (Å²) >= 11 is 0. The van der Waals surface area contributed by atoms with Crippen molar-refractivity contribution in [1.29, 1.82) is 0 Å². The molecule has 0 bridgehead atoms. The number of nitrogens with one attached hydrogen (secondary N) is 1. The minimum Gasteiger partial charge on any atom is -0.480 e. The van der Waals surface area contributed by atoms with E-state index in [4.69, 9.17) is 10.8 Å². The number of anilines is 1. The van der Waals surface area contributed by atoms with Crippen LogP contribution in [0.4, 0.5) is 5.69 Å². The summed E-state index contributed by atoms with van der Waals surface area (Å²) in [6, 6.07) is 6.11. The molecule has 20 heavy (non-hydrogen) atoms. The molecule has 4 N–H and O–H groups in total. The van der Waals surface area contributed by atoms with Gasteiger partial charge in [-0.3, -0.25) is 4.79 Å². The number of carboxylic acids is 1.